The molecule has 1 N–H and O–H groups in total. The van der Waals surface area contributed by atoms with E-state index in [2.05, 4.69) is 26.2 Å². The third kappa shape index (κ3) is 3.84. The molecule has 0 radical (unpaired) electrons. The summed E-state index contributed by atoms with van der Waals surface area (Å²) in [7, 11) is 0. The predicted octanol–water partition coefficient (Wildman–Crippen LogP) is 2.75. The maximum absolute atomic E-state index is 11.7. The Kier molecular flexibility index (Phi) is 4.79. The molecule has 0 saturated heterocycles. The number of nitrogens with zero attached hydrogens (tertiary/aromatic N) is 1. The van der Waals surface area contributed by atoms with Crippen molar-refractivity contribution in [3.63, 3.8) is 0 Å². The maximum atomic E-state index is 11.7. The lowest BCUT2D eigenvalue weighted by molar-refractivity contribution is -0.123. The Balaban J connectivity index is 1.80. The Labute approximate surface area is 125 Å². The highest BCUT2D eigenvalue weighted by Gasteiger charge is 2.08. The van der Waals surface area contributed by atoms with Crippen molar-refractivity contribution in [2.75, 3.05) is 6.61 Å². The summed E-state index contributed by atoms with van der Waals surface area (Å²) in [6.07, 6.45) is 0. The van der Waals surface area contributed by atoms with Gasteiger partial charge in [0.2, 0.25) is 5.89 Å². The van der Waals surface area contributed by atoms with Crippen LogP contribution in [0.4, 0.5) is 0 Å². The second kappa shape index (κ2) is 6.56. The standard InChI is InChI=1S/C14H15BrN2O3/c1-9-10(2)20-14(17-9)7-16-13(18)8-19-12-6-4-3-5-11(12)15/h3-6H,7-8H2,1-2H3,(H,16,18). The average molecular weight is 339 g/mol. The van der Waals surface area contributed by atoms with Crippen molar-refractivity contribution in [2.24, 2.45) is 0 Å². The number of hydrogen-bond donors (Lipinski definition) is 1. The molecule has 0 aliphatic rings. The van der Waals surface area contributed by atoms with E-state index in [0.29, 0.717) is 11.6 Å². The molecule has 0 fully saturated rings. The number of hydrogen-bond acceptors (Lipinski definition) is 4. The molecule has 1 amide bonds. The van der Waals surface area contributed by atoms with Crippen LogP contribution in [0, 0.1) is 13.8 Å². The monoisotopic (exact) mass is 338 g/mol. The van der Waals surface area contributed by atoms with Crippen LogP contribution in [0.3, 0.4) is 0 Å². The van der Waals surface area contributed by atoms with Gasteiger partial charge in [0.1, 0.15) is 11.5 Å². The average Bonchev–Trinajstić information content (AvgIpc) is 2.75. The first-order valence-electron chi connectivity index (χ1n) is 6.13. The zero-order valence-corrected chi connectivity index (χ0v) is 12.9. The van der Waals surface area contributed by atoms with Gasteiger partial charge in [0.05, 0.1) is 16.7 Å². The lowest BCUT2D eigenvalue weighted by Gasteiger charge is -2.07. The molecule has 0 saturated carbocycles. The summed E-state index contributed by atoms with van der Waals surface area (Å²) in [5.74, 6) is 1.66. The molecule has 0 aliphatic carbocycles. The Morgan fingerprint density at radius 3 is 2.80 bits per heavy atom. The van der Waals surface area contributed by atoms with E-state index in [4.69, 9.17) is 9.15 Å². The minimum atomic E-state index is -0.228. The third-order valence-corrected chi connectivity index (χ3v) is 3.36. The van der Waals surface area contributed by atoms with E-state index in [1.165, 1.54) is 0 Å². The van der Waals surface area contributed by atoms with Gasteiger partial charge in [-0.15, -0.1) is 0 Å². The fourth-order valence-electron chi connectivity index (χ4n) is 1.55. The molecule has 20 heavy (non-hydrogen) atoms. The SMILES string of the molecule is Cc1nc(CNC(=O)COc2ccccc2Br)oc1C. The zero-order valence-electron chi connectivity index (χ0n) is 11.3. The number of aryl methyl sites for hydroxylation is 2. The van der Waals surface area contributed by atoms with Gasteiger partial charge in [0, 0.05) is 0 Å². The largest absolute Gasteiger partial charge is 0.483 e. The number of halogens is 1. The van der Waals surface area contributed by atoms with Crippen LogP contribution in [0.15, 0.2) is 33.2 Å². The van der Waals surface area contributed by atoms with Crippen molar-refractivity contribution < 1.29 is 13.9 Å². The molecule has 1 heterocycles. The van der Waals surface area contributed by atoms with Gasteiger partial charge >= 0.3 is 0 Å². The van der Waals surface area contributed by atoms with Gasteiger partial charge in [-0.25, -0.2) is 4.98 Å². The van der Waals surface area contributed by atoms with Crippen LogP contribution in [0.2, 0.25) is 0 Å². The molecule has 0 aliphatic heterocycles. The molecule has 0 unspecified atom stereocenters. The van der Waals surface area contributed by atoms with Crippen LogP contribution in [0.25, 0.3) is 0 Å². The molecular weight excluding hydrogens is 324 g/mol. The van der Waals surface area contributed by atoms with E-state index in [9.17, 15) is 4.79 Å². The van der Waals surface area contributed by atoms with E-state index in [-0.39, 0.29) is 19.1 Å². The number of carbonyl (C=O) groups is 1. The summed E-state index contributed by atoms with van der Waals surface area (Å²) in [6, 6.07) is 7.37. The Hall–Kier alpha value is -1.82. The van der Waals surface area contributed by atoms with E-state index in [1.807, 2.05) is 32.0 Å². The highest BCUT2D eigenvalue weighted by atomic mass is 79.9. The normalized spacial score (nSPS) is 10.3. The number of rotatable bonds is 5. The Morgan fingerprint density at radius 1 is 1.40 bits per heavy atom. The van der Waals surface area contributed by atoms with Crippen LogP contribution in [-0.2, 0) is 11.3 Å². The van der Waals surface area contributed by atoms with Crippen LogP contribution in [-0.4, -0.2) is 17.5 Å². The van der Waals surface area contributed by atoms with E-state index in [0.717, 1.165) is 15.9 Å². The lowest BCUT2D eigenvalue weighted by atomic mass is 10.3. The predicted molar refractivity (Wildman–Crippen MR) is 77.5 cm³/mol. The third-order valence-electron chi connectivity index (χ3n) is 2.71. The maximum Gasteiger partial charge on any atom is 0.258 e. The molecule has 0 bridgehead atoms. The minimum absolute atomic E-state index is 0.0543. The van der Waals surface area contributed by atoms with Gasteiger partial charge in [-0.3, -0.25) is 4.79 Å². The summed E-state index contributed by atoms with van der Waals surface area (Å²) in [5.41, 5.74) is 0.832. The molecule has 2 rings (SSSR count). The van der Waals surface area contributed by atoms with Gasteiger partial charge in [0.15, 0.2) is 6.61 Å². The quantitative estimate of drug-likeness (QED) is 0.910. The van der Waals surface area contributed by atoms with Crippen molar-refractivity contribution in [3.05, 3.63) is 46.1 Å². The number of amides is 1. The summed E-state index contributed by atoms with van der Waals surface area (Å²) in [4.78, 5) is 15.9. The highest BCUT2D eigenvalue weighted by molar-refractivity contribution is 9.10. The number of aromatic nitrogens is 1. The molecular formula is C14H15BrN2O3. The summed E-state index contributed by atoms with van der Waals surface area (Å²) >= 11 is 3.35. The fraction of sp³-hybridized carbons (Fsp3) is 0.286. The number of carbonyl (C=O) groups excluding carboxylic acids is 1. The smallest absolute Gasteiger partial charge is 0.258 e. The van der Waals surface area contributed by atoms with Gasteiger partial charge in [-0.2, -0.15) is 0 Å². The number of benzene rings is 1. The minimum Gasteiger partial charge on any atom is -0.483 e. The Bertz CT molecular complexity index is 591. The molecule has 5 nitrogen and oxygen atoms in total. The van der Waals surface area contributed by atoms with Crippen molar-refractivity contribution in [1.82, 2.24) is 10.3 Å². The number of para-hydroxylation sites is 1. The molecule has 0 atom stereocenters. The first-order chi connectivity index (χ1) is 9.56. The topological polar surface area (TPSA) is 64.4 Å². The highest BCUT2D eigenvalue weighted by Crippen LogP contribution is 2.23. The van der Waals surface area contributed by atoms with Crippen molar-refractivity contribution in [1.29, 1.82) is 0 Å². The van der Waals surface area contributed by atoms with Crippen molar-refractivity contribution in [2.45, 2.75) is 20.4 Å². The number of nitrogens with one attached hydrogen (secondary N) is 1. The summed E-state index contributed by atoms with van der Waals surface area (Å²) in [6.45, 7) is 3.90. The molecule has 2 aromatic rings. The van der Waals surface area contributed by atoms with Crippen LogP contribution in [0.1, 0.15) is 17.3 Å². The fourth-order valence-corrected chi connectivity index (χ4v) is 1.94. The second-order valence-corrected chi connectivity index (χ2v) is 5.10. The van der Waals surface area contributed by atoms with Crippen molar-refractivity contribution in [3.8, 4) is 5.75 Å². The van der Waals surface area contributed by atoms with E-state index >= 15 is 0 Å². The first-order valence-corrected chi connectivity index (χ1v) is 6.92. The first kappa shape index (κ1) is 14.6. The van der Waals surface area contributed by atoms with Gasteiger partial charge in [0.25, 0.3) is 5.91 Å². The number of ether oxygens (including phenoxy) is 1. The van der Waals surface area contributed by atoms with Gasteiger partial charge in [-0.1, -0.05) is 12.1 Å². The van der Waals surface area contributed by atoms with Gasteiger partial charge in [-0.05, 0) is 41.9 Å². The molecule has 1 aromatic carbocycles. The molecule has 1 aromatic heterocycles. The van der Waals surface area contributed by atoms with Crippen LogP contribution in [0.5, 0.6) is 5.75 Å². The summed E-state index contributed by atoms with van der Waals surface area (Å²) < 4.78 is 11.6. The zero-order chi connectivity index (χ0) is 14.5. The second-order valence-electron chi connectivity index (χ2n) is 4.25. The molecule has 0 spiro atoms. The molecule has 6 heteroatoms. The summed E-state index contributed by atoms with van der Waals surface area (Å²) in [5, 5.41) is 2.69. The number of oxazole rings is 1. The van der Waals surface area contributed by atoms with E-state index < -0.39 is 0 Å². The molecule has 106 valence electrons. The van der Waals surface area contributed by atoms with E-state index in [1.54, 1.807) is 6.07 Å². The van der Waals surface area contributed by atoms with Crippen LogP contribution < -0.4 is 10.1 Å². The lowest BCUT2D eigenvalue weighted by Crippen LogP contribution is -2.28. The van der Waals surface area contributed by atoms with Crippen molar-refractivity contribution >= 4 is 21.8 Å². The van der Waals surface area contributed by atoms with Crippen LogP contribution >= 0.6 is 15.9 Å². The van der Waals surface area contributed by atoms with Gasteiger partial charge < -0.3 is 14.5 Å². The Morgan fingerprint density at radius 2 is 2.15 bits per heavy atom.